The van der Waals surface area contributed by atoms with E-state index in [4.69, 9.17) is 0 Å². The van der Waals surface area contributed by atoms with Gasteiger partial charge in [-0.3, -0.25) is 14.9 Å². The fourth-order valence-corrected chi connectivity index (χ4v) is 2.52. The molecule has 0 aliphatic heterocycles. The first-order chi connectivity index (χ1) is 8.09. The Balaban J connectivity index is 2.00. The molecule has 1 N–H and O–H groups in total. The summed E-state index contributed by atoms with van der Waals surface area (Å²) in [4.78, 5) is 21.6. The van der Waals surface area contributed by atoms with Gasteiger partial charge >= 0.3 is 0 Å². The second kappa shape index (κ2) is 4.79. The third-order valence-corrected chi connectivity index (χ3v) is 3.53. The second-order valence-electron chi connectivity index (χ2n) is 4.60. The lowest BCUT2D eigenvalue weighted by atomic mass is 9.85. The summed E-state index contributed by atoms with van der Waals surface area (Å²) in [6.07, 6.45) is 6.42. The molecule has 5 nitrogen and oxygen atoms in total. The highest BCUT2D eigenvalue weighted by molar-refractivity contribution is 5.83. The average Bonchev–Trinajstić information content (AvgIpc) is 2.74. The van der Waals surface area contributed by atoms with Gasteiger partial charge in [-0.1, -0.05) is 6.08 Å². The predicted octanol–water partition coefficient (Wildman–Crippen LogP) is 1.45. The Kier molecular flexibility index (Phi) is 3.38. The molecule has 0 saturated heterocycles. The maximum atomic E-state index is 11.5. The summed E-state index contributed by atoms with van der Waals surface area (Å²) in [7, 11) is 0. The molecule has 0 amide bonds. The maximum absolute atomic E-state index is 11.5. The quantitative estimate of drug-likeness (QED) is 0.595. The van der Waals surface area contributed by atoms with Gasteiger partial charge in [-0.25, -0.2) is 0 Å². The molecule has 0 spiro atoms. The molecule has 0 heterocycles. The molecule has 2 rings (SSSR count). The Bertz CT molecular complexity index is 399. The molecule has 0 aromatic heterocycles. The van der Waals surface area contributed by atoms with Crippen LogP contribution in [0.4, 0.5) is 0 Å². The second-order valence-corrected chi connectivity index (χ2v) is 4.60. The van der Waals surface area contributed by atoms with Crippen molar-refractivity contribution in [2.75, 3.05) is 0 Å². The zero-order valence-electron chi connectivity index (χ0n) is 9.41. The van der Waals surface area contributed by atoms with Crippen LogP contribution in [0.15, 0.2) is 23.9 Å². The van der Waals surface area contributed by atoms with Crippen LogP contribution in [0.2, 0.25) is 0 Å². The summed E-state index contributed by atoms with van der Waals surface area (Å²) < 4.78 is 0. The lowest BCUT2D eigenvalue weighted by Crippen LogP contribution is -2.31. The maximum Gasteiger partial charge on any atom is 0.265 e. The van der Waals surface area contributed by atoms with Gasteiger partial charge in [0.2, 0.25) is 0 Å². The molecule has 0 bridgehead atoms. The Hall–Kier alpha value is -1.49. The fourth-order valence-electron chi connectivity index (χ4n) is 2.52. The lowest BCUT2D eigenvalue weighted by molar-refractivity contribution is -0.419. The number of allylic oxidation sites excluding steroid dienone is 2. The van der Waals surface area contributed by atoms with Crippen LogP contribution in [0.5, 0.6) is 0 Å². The molecule has 0 aromatic carbocycles. The van der Waals surface area contributed by atoms with E-state index in [1.54, 1.807) is 6.08 Å². The Morgan fingerprint density at radius 2 is 2.29 bits per heavy atom. The first kappa shape index (κ1) is 12.0. The van der Waals surface area contributed by atoms with Gasteiger partial charge in [0.15, 0.2) is 0 Å². The highest BCUT2D eigenvalue weighted by Gasteiger charge is 2.35. The molecule has 1 saturated carbocycles. The summed E-state index contributed by atoms with van der Waals surface area (Å²) in [5, 5.41) is 20.6. The SMILES string of the molecule is O=C1CCC[C@H]1[C@@H](O)C1C=CC([N+](=O)[O-])=CC1. The zero-order valence-corrected chi connectivity index (χ0v) is 9.41. The van der Waals surface area contributed by atoms with Crippen LogP contribution in [-0.4, -0.2) is 21.9 Å². The molecule has 1 unspecified atom stereocenters. The predicted molar refractivity (Wildman–Crippen MR) is 60.7 cm³/mol. The normalized spacial score (nSPS) is 30.2. The summed E-state index contributed by atoms with van der Waals surface area (Å²) >= 11 is 0. The molecule has 5 heteroatoms. The fraction of sp³-hybridized carbons (Fsp3) is 0.583. The highest BCUT2D eigenvalue weighted by atomic mass is 16.6. The number of carbonyl (C=O) groups excluding carboxylic acids is 1. The summed E-state index contributed by atoms with van der Waals surface area (Å²) in [5.74, 6) is -0.337. The van der Waals surface area contributed by atoms with Crippen molar-refractivity contribution in [1.29, 1.82) is 0 Å². The summed E-state index contributed by atoms with van der Waals surface area (Å²) in [5.41, 5.74) is 0.0613. The van der Waals surface area contributed by atoms with E-state index < -0.39 is 11.0 Å². The first-order valence-corrected chi connectivity index (χ1v) is 5.83. The van der Waals surface area contributed by atoms with E-state index in [-0.39, 0.29) is 23.3 Å². The van der Waals surface area contributed by atoms with Crippen molar-refractivity contribution < 1.29 is 14.8 Å². The molecule has 1 fully saturated rings. The van der Waals surface area contributed by atoms with E-state index in [2.05, 4.69) is 0 Å². The number of nitro groups is 1. The van der Waals surface area contributed by atoms with Crippen LogP contribution in [0.1, 0.15) is 25.7 Å². The number of aliphatic hydroxyl groups excluding tert-OH is 1. The van der Waals surface area contributed by atoms with Crippen molar-refractivity contribution in [1.82, 2.24) is 0 Å². The van der Waals surface area contributed by atoms with Crippen LogP contribution in [0.3, 0.4) is 0 Å². The molecule has 2 aliphatic carbocycles. The largest absolute Gasteiger partial charge is 0.392 e. The molecular weight excluding hydrogens is 222 g/mol. The van der Waals surface area contributed by atoms with Crippen LogP contribution in [0, 0.1) is 22.0 Å². The van der Waals surface area contributed by atoms with Gasteiger partial charge in [0, 0.05) is 24.3 Å². The topological polar surface area (TPSA) is 80.4 Å². The number of ketones is 1. The summed E-state index contributed by atoms with van der Waals surface area (Å²) in [6.45, 7) is 0. The average molecular weight is 237 g/mol. The number of Topliss-reactive ketones (excluding diaryl/α,β-unsaturated/α-hetero) is 1. The molecule has 0 radical (unpaired) electrons. The van der Waals surface area contributed by atoms with Crippen LogP contribution in [0.25, 0.3) is 0 Å². The van der Waals surface area contributed by atoms with Gasteiger partial charge in [0.1, 0.15) is 5.78 Å². The number of hydrogen-bond donors (Lipinski definition) is 1. The van der Waals surface area contributed by atoms with Crippen molar-refractivity contribution in [2.45, 2.75) is 31.8 Å². The Labute approximate surface area is 99.0 Å². The smallest absolute Gasteiger partial charge is 0.265 e. The van der Waals surface area contributed by atoms with Gasteiger partial charge in [-0.05, 0) is 25.3 Å². The minimum atomic E-state index is -0.703. The van der Waals surface area contributed by atoms with Gasteiger partial charge in [0.25, 0.3) is 5.70 Å². The van der Waals surface area contributed by atoms with Crippen molar-refractivity contribution in [3.05, 3.63) is 34.0 Å². The molecule has 17 heavy (non-hydrogen) atoms. The van der Waals surface area contributed by atoms with Crippen molar-refractivity contribution >= 4 is 5.78 Å². The number of hydrogen-bond acceptors (Lipinski definition) is 4. The van der Waals surface area contributed by atoms with E-state index in [0.717, 1.165) is 12.8 Å². The number of aliphatic hydroxyl groups is 1. The third-order valence-electron chi connectivity index (χ3n) is 3.53. The zero-order chi connectivity index (χ0) is 12.4. The Morgan fingerprint density at radius 1 is 1.53 bits per heavy atom. The lowest BCUT2D eigenvalue weighted by Gasteiger charge is -2.24. The van der Waals surface area contributed by atoms with Crippen LogP contribution < -0.4 is 0 Å². The van der Waals surface area contributed by atoms with Crippen molar-refractivity contribution in [2.24, 2.45) is 11.8 Å². The highest BCUT2D eigenvalue weighted by Crippen LogP contribution is 2.31. The number of carbonyl (C=O) groups is 1. The van der Waals surface area contributed by atoms with E-state index in [9.17, 15) is 20.0 Å². The van der Waals surface area contributed by atoms with E-state index >= 15 is 0 Å². The van der Waals surface area contributed by atoms with Crippen molar-refractivity contribution in [3.63, 3.8) is 0 Å². The first-order valence-electron chi connectivity index (χ1n) is 5.83. The number of rotatable bonds is 3. The standard InChI is InChI=1S/C12H15NO4/c14-11-3-1-2-10(11)12(15)8-4-6-9(7-5-8)13(16)17/h4,6-8,10,12,15H,1-3,5H2/t8?,10-,12+/m1/s1. The van der Waals surface area contributed by atoms with Crippen LogP contribution in [-0.2, 0) is 4.79 Å². The van der Waals surface area contributed by atoms with E-state index in [1.165, 1.54) is 12.2 Å². The molecular formula is C12H15NO4. The van der Waals surface area contributed by atoms with Crippen LogP contribution >= 0.6 is 0 Å². The van der Waals surface area contributed by atoms with Gasteiger partial charge in [-0.2, -0.15) is 0 Å². The Morgan fingerprint density at radius 3 is 2.76 bits per heavy atom. The minimum absolute atomic E-state index is 0.0613. The van der Waals surface area contributed by atoms with E-state index in [1.807, 2.05) is 0 Å². The molecule has 92 valence electrons. The molecule has 3 atom stereocenters. The minimum Gasteiger partial charge on any atom is -0.392 e. The molecule has 2 aliphatic rings. The van der Waals surface area contributed by atoms with Crippen molar-refractivity contribution in [3.8, 4) is 0 Å². The molecule has 0 aromatic rings. The summed E-state index contributed by atoms with van der Waals surface area (Å²) in [6, 6.07) is 0. The van der Waals surface area contributed by atoms with Gasteiger partial charge in [0.05, 0.1) is 11.0 Å². The number of nitrogens with zero attached hydrogens (tertiary/aromatic N) is 1. The monoisotopic (exact) mass is 237 g/mol. The van der Waals surface area contributed by atoms with Gasteiger partial charge < -0.3 is 5.11 Å². The van der Waals surface area contributed by atoms with Gasteiger partial charge in [-0.15, -0.1) is 0 Å². The van der Waals surface area contributed by atoms with E-state index in [0.29, 0.717) is 12.8 Å². The third kappa shape index (κ3) is 2.44.